The Morgan fingerprint density at radius 3 is 2.72 bits per heavy atom. The molecular weight excluding hydrogens is 318 g/mol. The van der Waals surface area contributed by atoms with Crippen LogP contribution in [0.15, 0.2) is 0 Å². The maximum absolute atomic E-state index is 12.5. The molecule has 106 valence electrons. The van der Waals surface area contributed by atoms with Gasteiger partial charge in [-0.15, -0.1) is 0 Å². The molecule has 2 heterocycles. The third-order valence-corrected chi connectivity index (χ3v) is 6.24. The topological polar surface area (TPSA) is 46.6 Å². The Morgan fingerprint density at radius 2 is 2.06 bits per heavy atom. The summed E-state index contributed by atoms with van der Waals surface area (Å²) < 4.78 is 32.1. The van der Waals surface area contributed by atoms with E-state index in [0.717, 1.165) is 43.9 Å². The molecule has 0 aliphatic carbocycles. The lowest BCUT2D eigenvalue weighted by atomic mass is 10.0. The Hall–Kier alpha value is 0.350. The highest BCUT2D eigenvalue weighted by Gasteiger charge is 2.34. The highest BCUT2D eigenvalue weighted by Crippen LogP contribution is 2.25. The second-order valence-electron chi connectivity index (χ2n) is 5.15. The molecule has 2 aliphatic rings. The van der Waals surface area contributed by atoms with Gasteiger partial charge in [0.15, 0.2) is 0 Å². The third-order valence-electron chi connectivity index (χ3n) is 3.79. The summed E-state index contributed by atoms with van der Waals surface area (Å²) in [5.74, 6) is 0.172. The molecule has 2 aliphatic heterocycles. The van der Waals surface area contributed by atoms with Crippen LogP contribution in [0.4, 0.5) is 0 Å². The van der Waals surface area contributed by atoms with Crippen LogP contribution < -0.4 is 0 Å². The van der Waals surface area contributed by atoms with Crippen LogP contribution in [0, 0.1) is 0 Å². The number of halogens is 1. The van der Waals surface area contributed by atoms with Gasteiger partial charge in [0.05, 0.1) is 11.9 Å². The van der Waals surface area contributed by atoms with Gasteiger partial charge in [0.1, 0.15) is 0 Å². The first-order valence-electron chi connectivity index (χ1n) is 6.80. The number of alkyl halides is 1. The van der Waals surface area contributed by atoms with Gasteiger partial charge in [-0.25, -0.2) is 8.42 Å². The van der Waals surface area contributed by atoms with Gasteiger partial charge in [-0.2, -0.15) is 4.31 Å². The van der Waals surface area contributed by atoms with Crippen molar-refractivity contribution in [1.29, 1.82) is 0 Å². The van der Waals surface area contributed by atoms with Gasteiger partial charge in [0.25, 0.3) is 0 Å². The Labute approximate surface area is 118 Å². The minimum atomic E-state index is -3.15. The largest absolute Gasteiger partial charge is 0.377 e. The van der Waals surface area contributed by atoms with E-state index >= 15 is 0 Å². The lowest BCUT2D eigenvalue weighted by Gasteiger charge is -2.35. The number of rotatable bonds is 5. The molecule has 2 saturated heterocycles. The van der Waals surface area contributed by atoms with E-state index in [1.165, 1.54) is 0 Å². The minimum Gasteiger partial charge on any atom is -0.377 e. The summed E-state index contributed by atoms with van der Waals surface area (Å²) in [6.45, 7) is 1.40. The fourth-order valence-corrected chi connectivity index (χ4v) is 5.39. The maximum atomic E-state index is 12.5. The summed E-state index contributed by atoms with van der Waals surface area (Å²) >= 11 is 3.42. The van der Waals surface area contributed by atoms with Crippen molar-refractivity contribution in [3.8, 4) is 0 Å². The second kappa shape index (κ2) is 6.68. The normalized spacial score (nSPS) is 30.7. The van der Waals surface area contributed by atoms with E-state index < -0.39 is 10.0 Å². The lowest BCUT2D eigenvalue weighted by molar-refractivity contribution is 0.125. The summed E-state index contributed by atoms with van der Waals surface area (Å²) in [5, 5.41) is 0.865. The number of piperidine rings is 1. The van der Waals surface area contributed by atoms with Crippen LogP contribution in [0.2, 0.25) is 0 Å². The molecule has 0 aromatic carbocycles. The first-order chi connectivity index (χ1) is 8.63. The first-order valence-corrected chi connectivity index (χ1v) is 9.53. The fourth-order valence-electron chi connectivity index (χ4n) is 2.86. The molecular formula is C12H22BrNO3S. The zero-order valence-corrected chi connectivity index (χ0v) is 13.1. The highest BCUT2D eigenvalue weighted by molar-refractivity contribution is 9.09. The molecule has 0 N–H and O–H groups in total. The zero-order valence-electron chi connectivity index (χ0n) is 10.7. The van der Waals surface area contributed by atoms with Crippen LogP contribution in [0.1, 0.15) is 38.5 Å². The van der Waals surface area contributed by atoms with E-state index in [-0.39, 0.29) is 17.9 Å². The molecule has 2 unspecified atom stereocenters. The van der Waals surface area contributed by atoms with Crippen LogP contribution in [0.5, 0.6) is 0 Å². The summed E-state index contributed by atoms with van der Waals surface area (Å²) in [7, 11) is -3.15. The van der Waals surface area contributed by atoms with Gasteiger partial charge in [0, 0.05) is 24.5 Å². The van der Waals surface area contributed by atoms with Crippen molar-refractivity contribution in [1.82, 2.24) is 4.31 Å². The Morgan fingerprint density at radius 1 is 1.22 bits per heavy atom. The minimum absolute atomic E-state index is 0.0819. The van der Waals surface area contributed by atoms with E-state index in [9.17, 15) is 8.42 Å². The van der Waals surface area contributed by atoms with Crippen LogP contribution in [-0.4, -0.2) is 49.1 Å². The average molecular weight is 340 g/mol. The quantitative estimate of drug-likeness (QED) is 0.721. The van der Waals surface area contributed by atoms with E-state index in [2.05, 4.69) is 15.9 Å². The van der Waals surface area contributed by atoms with Gasteiger partial charge >= 0.3 is 0 Å². The molecule has 4 nitrogen and oxygen atoms in total. The van der Waals surface area contributed by atoms with Crippen molar-refractivity contribution in [2.45, 2.75) is 50.7 Å². The SMILES string of the molecule is O=S(=O)(CC1CCCO1)N1CCCCC1CCBr. The summed E-state index contributed by atoms with van der Waals surface area (Å²) in [4.78, 5) is 0. The Balaban J connectivity index is 2.01. The number of sulfonamides is 1. The lowest BCUT2D eigenvalue weighted by Crippen LogP contribution is -2.46. The predicted molar refractivity (Wildman–Crippen MR) is 75.5 cm³/mol. The summed E-state index contributed by atoms with van der Waals surface area (Å²) in [6.07, 6.45) is 5.83. The fraction of sp³-hybridized carbons (Fsp3) is 1.00. The molecule has 0 spiro atoms. The monoisotopic (exact) mass is 339 g/mol. The molecule has 2 atom stereocenters. The second-order valence-corrected chi connectivity index (χ2v) is 7.91. The van der Waals surface area contributed by atoms with Crippen molar-refractivity contribution in [2.75, 3.05) is 24.2 Å². The van der Waals surface area contributed by atoms with E-state index in [1.807, 2.05) is 0 Å². The molecule has 6 heteroatoms. The Bertz CT molecular complexity index is 352. The molecule has 0 amide bonds. The maximum Gasteiger partial charge on any atom is 0.216 e. The molecule has 0 aromatic heterocycles. The van der Waals surface area contributed by atoms with Crippen molar-refractivity contribution >= 4 is 26.0 Å². The third kappa shape index (κ3) is 3.68. The number of ether oxygens (including phenoxy) is 1. The zero-order chi connectivity index (χ0) is 13.0. The average Bonchev–Trinajstić information content (AvgIpc) is 2.82. The molecule has 0 radical (unpaired) electrons. The van der Waals surface area contributed by atoms with E-state index in [1.54, 1.807) is 4.31 Å². The molecule has 2 fully saturated rings. The van der Waals surface area contributed by atoms with Gasteiger partial charge in [0.2, 0.25) is 10.0 Å². The van der Waals surface area contributed by atoms with Crippen LogP contribution in [0.3, 0.4) is 0 Å². The number of hydrogen-bond donors (Lipinski definition) is 0. The first kappa shape index (κ1) is 14.8. The highest BCUT2D eigenvalue weighted by atomic mass is 79.9. The number of hydrogen-bond acceptors (Lipinski definition) is 3. The van der Waals surface area contributed by atoms with Crippen LogP contribution in [-0.2, 0) is 14.8 Å². The van der Waals surface area contributed by atoms with Gasteiger partial charge in [-0.1, -0.05) is 22.4 Å². The predicted octanol–water partition coefficient (Wildman–Crippen LogP) is 2.13. The smallest absolute Gasteiger partial charge is 0.216 e. The number of nitrogens with zero attached hydrogens (tertiary/aromatic N) is 1. The molecule has 0 bridgehead atoms. The Kier molecular flexibility index (Phi) is 5.47. The van der Waals surface area contributed by atoms with Crippen molar-refractivity contribution < 1.29 is 13.2 Å². The molecule has 2 rings (SSSR count). The van der Waals surface area contributed by atoms with E-state index in [4.69, 9.17) is 4.74 Å². The standard InChI is InChI=1S/C12H22BrNO3S/c13-7-6-11-4-1-2-8-14(11)18(15,16)10-12-5-3-9-17-12/h11-12H,1-10H2. The van der Waals surface area contributed by atoms with Gasteiger partial charge < -0.3 is 4.74 Å². The van der Waals surface area contributed by atoms with Crippen molar-refractivity contribution in [3.63, 3.8) is 0 Å². The van der Waals surface area contributed by atoms with Crippen molar-refractivity contribution in [3.05, 3.63) is 0 Å². The summed E-state index contributed by atoms with van der Waals surface area (Å²) in [5.41, 5.74) is 0. The van der Waals surface area contributed by atoms with E-state index in [0.29, 0.717) is 13.2 Å². The van der Waals surface area contributed by atoms with Gasteiger partial charge in [-0.05, 0) is 32.1 Å². The molecule has 0 saturated carbocycles. The van der Waals surface area contributed by atoms with Crippen LogP contribution in [0.25, 0.3) is 0 Å². The van der Waals surface area contributed by atoms with Gasteiger partial charge in [-0.3, -0.25) is 0 Å². The molecule has 0 aromatic rings. The van der Waals surface area contributed by atoms with Crippen molar-refractivity contribution in [2.24, 2.45) is 0 Å². The van der Waals surface area contributed by atoms with Crippen LogP contribution >= 0.6 is 15.9 Å². The molecule has 18 heavy (non-hydrogen) atoms. The summed E-state index contributed by atoms with van der Waals surface area (Å²) in [6, 6.07) is 0.185.